The maximum atomic E-state index is 12.0. The molecule has 0 aliphatic carbocycles. The Kier molecular flexibility index (Phi) is 3.93. The highest BCUT2D eigenvalue weighted by atomic mass is 16.6. The quantitative estimate of drug-likeness (QED) is 0.833. The number of hydrogen-bond acceptors (Lipinski definition) is 3. The SMILES string of the molecule is CCCOc1oc(=O)c2cc(C(C)C)ccc2c1C. The summed E-state index contributed by atoms with van der Waals surface area (Å²) in [6.07, 6.45) is 0.882. The molecule has 0 atom stereocenters. The van der Waals surface area contributed by atoms with Crippen LogP contribution in [-0.2, 0) is 0 Å². The second-order valence-electron chi connectivity index (χ2n) is 5.11. The molecule has 2 aromatic rings. The summed E-state index contributed by atoms with van der Waals surface area (Å²) < 4.78 is 10.8. The summed E-state index contributed by atoms with van der Waals surface area (Å²) in [6.45, 7) is 8.71. The van der Waals surface area contributed by atoms with Crippen LogP contribution >= 0.6 is 0 Å². The molecule has 0 unspecified atom stereocenters. The Bertz CT molecular complexity index is 638. The van der Waals surface area contributed by atoms with Crippen LogP contribution in [-0.4, -0.2) is 6.61 Å². The fourth-order valence-corrected chi connectivity index (χ4v) is 2.08. The van der Waals surface area contributed by atoms with E-state index in [1.54, 1.807) is 0 Å². The fraction of sp³-hybridized carbons (Fsp3) is 0.438. The maximum Gasteiger partial charge on any atom is 0.346 e. The lowest BCUT2D eigenvalue weighted by Gasteiger charge is -2.10. The first-order chi connectivity index (χ1) is 9.04. The van der Waals surface area contributed by atoms with Crippen LogP contribution in [0.2, 0.25) is 0 Å². The Morgan fingerprint density at radius 3 is 2.63 bits per heavy atom. The van der Waals surface area contributed by atoms with Gasteiger partial charge in [-0.15, -0.1) is 0 Å². The van der Waals surface area contributed by atoms with Crippen molar-refractivity contribution in [1.29, 1.82) is 0 Å². The predicted octanol–water partition coefficient (Wildman–Crippen LogP) is 4.01. The number of ether oxygens (including phenoxy) is 1. The average Bonchev–Trinajstić information content (AvgIpc) is 2.40. The number of benzene rings is 1. The molecule has 2 rings (SSSR count). The van der Waals surface area contributed by atoms with Crippen molar-refractivity contribution < 1.29 is 9.15 Å². The summed E-state index contributed by atoms with van der Waals surface area (Å²) in [7, 11) is 0. The minimum absolute atomic E-state index is 0.325. The molecule has 0 bridgehead atoms. The lowest BCUT2D eigenvalue weighted by atomic mass is 9.99. The molecule has 1 heterocycles. The molecule has 3 heteroatoms. The molecule has 0 saturated carbocycles. The van der Waals surface area contributed by atoms with E-state index in [2.05, 4.69) is 19.9 Å². The van der Waals surface area contributed by atoms with Gasteiger partial charge in [-0.3, -0.25) is 0 Å². The Balaban J connectivity index is 2.60. The van der Waals surface area contributed by atoms with Gasteiger partial charge in [-0.05, 0) is 36.3 Å². The van der Waals surface area contributed by atoms with Crippen molar-refractivity contribution in [3.05, 3.63) is 39.7 Å². The van der Waals surface area contributed by atoms with Gasteiger partial charge in [-0.1, -0.05) is 32.9 Å². The van der Waals surface area contributed by atoms with E-state index in [9.17, 15) is 4.79 Å². The van der Waals surface area contributed by atoms with Crippen molar-refractivity contribution in [2.24, 2.45) is 0 Å². The average molecular weight is 260 g/mol. The van der Waals surface area contributed by atoms with E-state index in [0.29, 0.717) is 23.9 Å². The van der Waals surface area contributed by atoms with Crippen LogP contribution in [0.5, 0.6) is 5.95 Å². The molecule has 0 spiro atoms. The summed E-state index contributed by atoms with van der Waals surface area (Å²) in [4.78, 5) is 12.0. The standard InChI is InChI=1S/C16H20O3/c1-5-8-18-16-11(4)13-7-6-12(10(2)3)9-14(13)15(17)19-16/h6-7,9-10H,5,8H2,1-4H3. The van der Waals surface area contributed by atoms with Gasteiger partial charge in [-0.2, -0.15) is 0 Å². The van der Waals surface area contributed by atoms with Crippen LogP contribution < -0.4 is 10.4 Å². The van der Waals surface area contributed by atoms with Crippen molar-refractivity contribution in [2.75, 3.05) is 6.61 Å². The summed E-state index contributed by atoms with van der Waals surface area (Å²) in [6, 6.07) is 5.96. The first-order valence-electron chi connectivity index (χ1n) is 6.74. The smallest absolute Gasteiger partial charge is 0.346 e. The van der Waals surface area contributed by atoms with E-state index in [1.165, 1.54) is 0 Å². The van der Waals surface area contributed by atoms with Crippen molar-refractivity contribution in [3.63, 3.8) is 0 Å². The predicted molar refractivity (Wildman–Crippen MR) is 77.1 cm³/mol. The summed E-state index contributed by atoms with van der Waals surface area (Å²) in [5.41, 5.74) is 1.70. The maximum absolute atomic E-state index is 12.0. The van der Waals surface area contributed by atoms with Gasteiger partial charge >= 0.3 is 5.63 Å². The van der Waals surface area contributed by atoms with Gasteiger partial charge in [0.25, 0.3) is 5.95 Å². The highest BCUT2D eigenvalue weighted by Gasteiger charge is 2.12. The first-order valence-corrected chi connectivity index (χ1v) is 6.74. The number of fused-ring (bicyclic) bond motifs is 1. The zero-order chi connectivity index (χ0) is 14.0. The second kappa shape index (κ2) is 5.47. The third kappa shape index (κ3) is 2.65. The minimum atomic E-state index is -0.325. The largest absolute Gasteiger partial charge is 0.465 e. The Morgan fingerprint density at radius 1 is 1.26 bits per heavy atom. The van der Waals surface area contributed by atoms with Crippen LogP contribution in [0.3, 0.4) is 0 Å². The third-order valence-electron chi connectivity index (χ3n) is 3.26. The van der Waals surface area contributed by atoms with Crippen LogP contribution in [0, 0.1) is 6.92 Å². The van der Waals surface area contributed by atoms with E-state index >= 15 is 0 Å². The van der Waals surface area contributed by atoms with Gasteiger partial charge in [0.15, 0.2) is 0 Å². The zero-order valence-corrected chi connectivity index (χ0v) is 11.9. The number of aryl methyl sites for hydroxylation is 1. The molecule has 102 valence electrons. The highest BCUT2D eigenvalue weighted by molar-refractivity contribution is 5.86. The van der Waals surface area contributed by atoms with Crippen LogP contribution in [0.25, 0.3) is 10.8 Å². The van der Waals surface area contributed by atoms with Crippen molar-refractivity contribution >= 4 is 10.8 Å². The number of hydrogen-bond donors (Lipinski definition) is 0. The first kappa shape index (κ1) is 13.7. The summed E-state index contributed by atoms with van der Waals surface area (Å²) >= 11 is 0. The molecule has 0 aliphatic rings. The van der Waals surface area contributed by atoms with Gasteiger partial charge in [0.2, 0.25) is 0 Å². The van der Waals surface area contributed by atoms with Crippen molar-refractivity contribution in [1.82, 2.24) is 0 Å². The van der Waals surface area contributed by atoms with Gasteiger partial charge < -0.3 is 9.15 Å². The van der Waals surface area contributed by atoms with E-state index in [1.807, 2.05) is 26.0 Å². The van der Waals surface area contributed by atoms with Gasteiger partial charge in [-0.25, -0.2) is 4.79 Å². The normalized spacial score (nSPS) is 11.2. The van der Waals surface area contributed by atoms with E-state index in [4.69, 9.17) is 9.15 Å². The lowest BCUT2D eigenvalue weighted by Crippen LogP contribution is -2.06. The molecular weight excluding hydrogens is 240 g/mol. The molecule has 19 heavy (non-hydrogen) atoms. The molecule has 1 aromatic heterocycles. The van der Waals surface area contributed by atoms with Crippen LogP contribution in [0.1, 0.15) is 44.2 Å². The minimum Gasteiger partial charge on any atom is -0.465 e. The van der Waals surface area contributed by atoms with Crippen molar-refractivity contribution in [3.8, 4) is 5.95 Å². The lowest BCUT2D eigenvalue weighted by molar-refractivity contribution is 0.230. The molecule has 1 aromatic carbocycles. The Hall–Kier alpha value is -1.77. The summed E-state index contributed by atoms with van der Waals surface area (Å²) in [5, 5.41) is 1.54. The van der Waals surface area contributed by atoms with E-state index in [-0.39, 0.29) is 5.63 Å². The van der Waals surface area contributed by atoms with Crippen LogP contribution in [0.15, 0.2) is 27.4 Å². The Labute approximate surface area is 113 Å². The van der Waals surface area contributed by atoms with Crippen LogP contribution in [0.4, 0.5) is 0 Å². The molecule has 0 saturated heterocycles. The molecule has 0 amide bonds. The highest BCUT2D eigenvalue weighted by Crippen LogP contribution is 2.27. The monoisotopic (exact) mass is 260 g/mol. The van der Waals surface area contributed by atoms with Gasteiger partial charge in [0, 0.05) is 5.56 Å². The number of rotatable bonds is 4. The topological polar surface area (TPSA) is 39.4 Å². The molecule has 0 radical (unpaired) electrons. The van der Waals surface area contributed by atoms with Gasteiger partial charge in [0.1, 0.15) is 0 Å². The van der Waals surface area contributed by atoms with E-state index in [0.717, 1.165) is 22.9 Å². The second-order valence-corrected chi connectivity index (χ2v) is 5.11. The third-order valence-corrected chi connectivity index (χ3v) is 3.26. The molecular formula is C16H20O3. The molecule has 0 N–H and O–H groups in total. The fourth-order valence-electron chi connectivity index (χ4n) is 2.08. The summed E-state index contributed by atoms with van der Waals surface area (Å²) in [5.74, 6) is 0.733. The van der Waals surface area contributed by atoms with Crippen molar-refractivity contribution in [2.45, 2.75) is 40.0 Å². The zero-order valence-electron chi connectivity index (χ0n) is 11.9. The Morgan fingerprint density at radius 2 is 2.00 bits per heavy atom. The van der Waals surface area contributed by atoms with E-state index < -0.39 is 0 Å². The van der Waals surface area contributed by atoms with Gasteiger partial charge in [0.05, 0.1) is 12.0 Å². The molecule has 0 aliphatic heterocycles. The molecule has 3 nitrogen and oxygen atoms in total. The molecule has 0 fully saturated rings.